The van der Waals surface area contributed by atoms with E-state index in [0.29, 0.717) is 24.3 Å². The van der Waals surface area contributed by atoms with Gasteiger partial charge in [0.15, 0.2) is 5.78 Å². The van der Waals surface area contributed by atoms with Gasteiger partial charge in [-0.3, -0.25) is 9.59 Å². The van der Waals surface area contributed by atoms with Crippen LogP contribution in [-0.2, 0) is 4.79 Å². The van der Waals surface area contributed by atoms with Crippen LogP contribution in [0.15, 0.2) is 30.5 Å². The molecule has 0 aliphatic carbocycles. The van der Waals surface area contributed by atoms with Gasteiger partial charge in [-0.1, -0.05) is 13.8 Å². The van der Waals surface area contributed by atoms with Crippen LogP contribution in [0, 0.1) is 17.7 Å². The van der Waals surface area contributed by atoms with Gasteiger partial charge < -0.3 is 10.6 Å². The number of carbonyl (C=O) groups excluding carboxylic acids is 2. The van der Waals surface area contributed by atoms with E-state index in [-0.39, 0.29) is 35.2 Å². The van der Waals surface area contributed by atoms with E-state index in [1.165, 1.54) is 23.0 Å². The molecule has 138 valence electrons. The molecule has 1 saturated heterocycles. The Kier molecular flexibility index (Phi) is 5.06. The summed E-state index contributed by atoms with van der Waals surface area (Å²) in [6.45, 7) is 4.82. The average Bonchev–Trinajstić information content (AvgIpc) is 3.02. The molecule has 3 rings (SSSR count). The van der Waals surface area contributed by atoms with Crippen LogP contribution in [0.1, 0.15) is 37.0 Å². The predicted octanol–water partition coefficient (Wildman–Crippen LogP) is 2.67. The monoisotopic (exact) mass is 358 g/mol. The molecule has 2 N–H and O–H groups in total. The second kappa shape index (κ2) is 7.27. The maximum atomic E-state index is 13.1. The van der Waals surface area contributed by atoms with Gasteiger partial charge in [0.1, 0.15) is 11.6 Å². The summed E-state index contributed by atoms with van der Waals surface area (Å²) < 4.78 is 14.5. The number of benzene rings is 1. The van der Waals surface area contributed by atoms with Gasteiger partial charge in [-0.05, 0) is 37.1 Å². The van der Waals surface area contributed by atoms with Gasteiger partial charge in [-0.2, -0.15) is 5.10 Å². The van der Waals surface area contributed by atoms with Crippen LogP contribution in [0.5, 0.6) is 0 Å². The van der Waals surface area contributed by atoms with E-state index in [0.717, 1.165) is 12.8 Å². The zero-order valence-corrected chi connectivity index (χ0v) is 15.0. The highest BCUT2D eigenvalue weighted by Gasteiger charge is 2.31. The smallest absolute Gasteiger partial charge is 0.225 e. The number of aromatic nitrogens is 2. The van der Waals surface area contributed by atoms with Crippen molar-refractivity contribution in [1.82, 2.24) is 14.7 Å². The Bertz CT molecular complexity index is 813. The number of likely N-dealkylation sites (tertiary alicyclic amines) is 1. The van der Waals surface area contributed by atoms with E-state index in [2.05, 4.69) is 5.10 Å². The third-order valence-corrected chi connectivity index (χ3v) is 4.74. The molecule has 6 nitrogen and oxygen atoms in total. The summed E-state index contributed by atoms with van der Waals surface area (Å²) in [4.78, 5) is 26.9. The zero-order valence-electron chi connectivity index (χ0n) is 15.0. The lowest BCUT2D eigenvalue weighted by atomic mass is 9.90. The minimum atomic E-state index is -0.354. The van der Waals surface area contributed by atoms with Crippen molar-refractivity contribution in [1.29, 1.82) is 0 Å². The summed E-state index contributed by atoms with van der Waals surface area (Å²) in [6.07, 6.45) is 2.97. The number of Topliss-reactive ketones (excluding diaryl/α,β-unsaturated/α-hetero) is 1. The minimum absolute atomic E-state index is 0.0671. The zero-order chi connectivity index (χ0) is 18.8. The summed E-state index contributed by atoms with van der Waals surface area (Å²) in [5, 5.41) is 4.18. The second-order valence-corrected chi connectivity index (χ2v) is 6.97. The van der Waals surface area contributed by atoms with Crippen LogP contribution in [0.25, 0.3) is 5.69 Å². The number of anilines is 1. The molecule has 2 aromatic rings. The van der Waals surface area contributed by atoms with Crippen molar-refractivity contribution in [3.8, 4) is 5.69 Å². The maximum Gasteiger partial charge on any atom is 0.225 e. The van der Waals surface area contributed by atoms with Crippen molar-refractivity contribution >= 4 is 17.5 Å². The van der Waals surface area contributed by atoms with Crippen LogP contribution < -0.4 is 5.73 Å². The molecule has 2 heterocycles. The highest BCUT2D eigenvalue weighted by Crippen LogP contribution is 2.26. The number of hydrogen-bond donors (Lipinski definition) is 1. The first-order valence-corrected chi connectivity index (χ1v) is 8.81. The summed E-state index contributed by atoms with van der Waals surface area (Å²) >= 11 is 0. The van der Waals surface area contributed by atoms with E-state index in [4.69, 9.17) is 5.73 Å². The number of hydrogen-bond acceptors (Lipinski definition) is 4. The lowest BCUT2D eigenvalue weighted by Gasteiger charge is -2.33. The Morgan fingerprint density at radius 3 is 2.62 bits per heavy atom. The van der Waals surface area contributed by atoms with E-state index in [9.17, 15) is 14.0 Å². The van der Waals surface area contributed by atoms with E-state index in [1.807, 2.05) is 13.8 Å². The number of rotatable bonds is 4. The Morgan fingerprint density at radius 2 is 1.96 bits per heavy atom. The summed E-state index contributed by atoms with van der Waals surface area (Å²) in [5.41, 5.74) is 7.06. The van der Waals surface area contributed by atoms with E-state index >= 15 is 0 Å². The molecular formula is C19H23FN4O2. The Labute approximate surface area is 151 Å². The molecular weight excluding hydrogens is 335 g/mol. The molecule has 1 aromatic carbocycles. The molecule has 1 atom stereocenters. The Balaban J connectivity index is 1.80. The highest BCUT2D eigenvalue weighted by molar-refractivity contribution is 6.02. The normalized spacial score (nSPS) is 17.5. The van der Waals surface area contributed by atoms with E-state index in [1.54, 1.807) is 17.0 Å². The number of halogens is 1. The molecule has 1 fully saturated rings. The molecule has 1 aromatic heterocycles. The number of nitrogens with zero attached hydrogens (tertiary/aromatic N) is 3. The third-order valence-electron chi connectivity index (χ3n) is 4.74. The van der Waals surface area contributed by atoms with Crippen LogP contribution in [0.4, 0.5) is 10.2 Å². The van der Waals surface area contributed by atoms with Crippen molar-refractivity contribution in [2.45, 2.75) is 26.7 Å². The number of amides is 1. The van der Waals surface area contributed by atoms with Crippen LogP contribution in [0.2, 0.25) is 0 Å². The maximum absolute atomic E-state index is 13.1. The third kappa shape index (κ3) is 3.47. The van der Waals surface area contributed by atoms with Crippen LogP contribution >= 0.6 is 0 Å². The summed E-state index contributed by atoms with van der Waals surface area (Å²) in [6, 6.07) is 5.73. The summed E-state index contributed by atoms with van der Waals surface area (Å²) in [5.74, 6) is -0.522. The number of nitrogen functional groups attached to an aromatic ring is 1. The van der Waals surface area contributed by atoms with Crippen LogP contribution in [-0.4, -0.2) is 39.5 Å². The van der Waals surface area contributed by atoms with Crippen molar-refractivity contribution in [2.24, 2.45) is 11.8 Å². The van der Waals surface area contributed by atoms with Crippen LogP contribution in [0.3, 0.4) is 0 Å². The first kappa shape index (κ1) is 18.1. The molecule has 26 heavy (non-hydrogen) atoms. The fourth-order valence-electron chi connectivity index (χ4n) is 3.31. The van der Waals surface area contributed by atoms with Gasteiger partial charge in [0.25, 0.3) is 0 Å². The Morgan fingerprint density at radius 1 is 1.27 bits per heavy atom. The number of piperidine rings is 1. The molecule has 0 bridgehead atoms. The Hall–Kier alpha value is -2.70. The topological polar surface area (TPSA) is 81.2 Å². The lowest BCUT2D eigenvalue weighted by molar-refractivity contribution is -0.135. The number of carbonyl (C=O) groups is 2. The van der Waals surface area contributed by atoms with Gasteiger partial charge in [-0.15, -0.1) is 0 Å². The van der Waals surface area contributed by atoms with Crippen molar-refractivity contribution < 1.29 is 14.0 Å². The first-order chi connectivity index (χ1) is 12.4. The van der Waals surface area contributed by atoms with Gasteiger partial charge >= 0.3 is 0 Å². The molecule has 1 amide bonds. The van der Waals surface area contributed by atoms with E-state index < -0.39 is 0 Å². The second-order valence-electron chi connectivity index (χ2n) is 6.97. The summed E-state index contributed by atoms with van der Waals surface area (Å²) in [7, 11) is 0. The minimum Gasteiger partial charge on any atom is -0.383 e. The fourth-order valence-corrected chi connectivity index (χ4v) is 3.31. The number of ketones is 1. The fraction of sp³-hybridized carbons (Fsp3) is 0.421. The van der Waals surface area contributed by atoms with Crippen molar-refractivity contribution in [3.63, 3.8) is 0 Å². The lowest BCUT2D eigenvalue weighted by Crippen LogP contribution is -2.44. The quantitative estimate of drug-likeness (QED) is 0.852. The molecule has 0 spiro atoms. The molecule has 7 heteroatoms. The SMILES string of the molecule is CC(C)C(=O)N1CCCC(C(=O)c2cnn(-c3ccc(F)cc3)c2N)C1. The first-order valence-electron chi connectivity index (χ1n) is 8.81. The van der Waals surface area contributed by atoms with Gasteiger partial charge in [0.2, 0.25) is 5.91 Å². The molecule has 1 unspecified atom stereocenters. The highest BCUT2D eigenvalue weighted by atomic mass is 19.1. The standard InChI is InChI=1S/C19H23FN4O2/c1-12(2)19(26)23-9-3-4-13(11-23)17(25)16-10-22-24(18(16)21)15-7-5-14(20)6-8-15/h5-8,10,12-13H,3-4,9,11,21H2,1-2H3. The van der Waals surface area contributed by atoms with Crippen molar-refractivity contribution in [3.05, 3.63) is 41.8 Å². The van der Waals surface area contributed by atoms with Gasteiger partial charge in [0.05, 0.1) is 17.4 Å². The molecule has 1 aliphatic rings. The van der Waals surface area contributed by atoms with Gasteiger partial charge in [0, 0.05) is 24.9 Å². The molecule has 0 radical (unpaired) electrons. The molecule has 0 saturated carbocycles. The predicted molar refractivity (Wildman–Crippen MR) is 96.4 cm³/mol. The largest absolute Gasteiger partial charge is 0.383 e. The van der Waals surface area contributed by atoms with Gasteiger partial charge in [-0.25, -0.2) is 9.07 Å². The number of nitrogens with two attached hydrogens (primary N) is 1. The average molecular weight is 358 g/mol. The van der Waals surface area contributed by atoms with Crippen molar-refractivity contribution in [2.75, 3.05) is 18.8 Å². The molecule has 1 aliphatic heterocycles.